The van der Waals surface area contributed by atoms with E-state index in [2.05, 4.69) is 20.3 Å². The van der Waals surface area contributed by atoms with Crippen LogP contribution in [0, 0.1) is 18.3 Å². The molecule has 0 saturated carbocycles. The average Bonchev–Trinajstić information content (AvgIpc) is 2.47. The van der Waals surface area contributed by atoms with Gasteiger partial charge in [0.25, 0.3) is 5.78 Å². The SMILES string of the molecule is Cc1nc2nnc(C#N)c(N)n2n1. The Morgan fingerprint density at radius 3 is 2.92 bits per heavy atom. The number of rotatable bonds is 0. The smallest absolute Gasteiger partial charge is 0.273 e. The van der Waals surface area contributed by atoms with Crippen LogP contribution < -0.4 is 5.73 Å². The summed E-state index contributed by atoms with van der Waals surface area (Å²) in [6, 6.07) is 1.81. The largest absolute Gasteiger partial charge is 0.381 e. The highest BCUT2D eigenvalue weighted by molar-refractivity contribution is 5.47. The summed E-state index contributed by atoms with van der Waals surface area (Å²) < 4.78 is 1.29. The van der Waals surface area contributed by atoms with Crippen molar-refractivity contribution >= 4 is 11.6 Å². The first-order valence-electron chi connectivity index (χ1n) is 3.48. The summed E-state index contributed by atoms with van der Waals surface area (Å²) in [5, 5.41) is 19.8. The van der Waals surface area contributed by atoms with Crippen molar-refractivity contribution in [2.75, 3.05) is 5.73 Å². The second-order valence-electron chi connectivity index (χ2n) is 2.42. The van der Waals surface area contributed by atoms with E-state index in [-0.39, 0.29) is 11.5 Å². The lowest BCUT2D eigenvalue weighted by molar-refractivity contribution is 0.879. The molecule has 0 aliphatic carbocycles. The molecule has 7 nitrogen and oxygen atoms in total. The zero-order valence-corrected chi connectivity index (χ0v) is 6.76. The Labute approximate surface area is 72.8 Å². The van der Waals surface area contributed by atoms with Crippen LogP contribution in [0.25, 0.3) is 5.78 Å². The second kappa shape index (κ2) is 2.38. The van der Waals surface area contributed by atoms with E-state index >= 15 is 0 Å². The van der Waals surface area contributed by atoms with Gasteiger partial charge in [-0.1, -0.05) is 0 Å². The Morgan fingerprint density at radius 2 is 2.23 bits per heavy atom. The molecule has 64 valence electrons. The lowest BCUT2D eigenvalue weighted by atomic mass is 10.5. The zero-order chi connectivity index (χ0) is 9.42. The molecule has 2 aromatic rings. The number of nitrogen functional groups attached to an aromatic ring is 1. The maximum Gasteiger partial charge on any atom is 0.273 e. The van der Waals surface area contributed by atoms with Gasteiger partial charge in [0.2, 0.25) is 5.69 Å². The molecule has 0 fully saturated rings. The van der Waals surface area contributed by atoms with Gasteiger partial charge in [0.1, 0.15) is 11.9 Å². The van der Waals surface area contributed by atoms with Crippen molar-refractivity contribution in [2.24, 2.45) is 0 Å². The predicted octanol–water partition coefficient (Wildman–Crippen LogP) is -0.718. The van der Waals surface area contributed by atoms with E-state index in [0.717, 1.165) is 0 Å². The summed E-state index contributed by atoms with van der Waals surface area (Å²) in [4.78, 5) is 3.94. The highest BCUT2D eigenvalue weighted by Crippen LogP contribution is 2.06. The van der Waals surface area contributed by atoms with Crippen molar-refractivity contribution in [3.8, 4) is 6.07 Å². The van der Waals surface area contributed by atoms with E-state index in [1.54, 1.807) is 6.92 Å². The van der Waals surface area contributed by atoms with Crippen molar-refractivity contribution in [1.29, 1.82) is 5.26 Å². The number of fused-ring (bicyclic) bond motifs is 1. The summed E-state index contributed by atoms with van der Waals surface area (Å²) >= 11 is 0. The third kappa shape index (κ3) is 0.961. The molecule has 0 aliphatic heterocycles. The molecule has 0 unspecified atom stereocenters. The van der Waals surface area contributed by atoms with Crippen molar-refractivity contribution in [3.63, 3.8) is 0 Å². The third-order valence-electron chi connectivity index (χ3n) is 1.51. The number of nitrogens with zero attached hydrogens (tertiary/aromatic N) is 6. The molecule has 2 rings (SSSR count). The van der Waals surface area contributed by atoms with Crippen LogP contribution in [-0.4, -0.2) is 24.8 Å². The minimum absolute atomic E-state index is 0.0531. The molecule has 7 heteroatoms. The van der Waals surface area contributed by atoms with Crippen LogP contribution >= 0.6 is 0 Å². The molecule has 0 aliphatic rings. The second-order valence-corrected chi connectivity index (χ2v) is 2.42. The van der Waals surface area contributed by atoms with E-state index < -0.39 is 0 Å². The number of hydrogen-bond donors (Lipinski definition) is 1. The maximum absolute atomic E-state index is 8.59. The van der Waals surface area contributed by atoms with Gasteiger partial charge in [-0.2, -0.15) is 14.8 Å². The van der Waals surface area contributed by atoms with Crippen LogP contribution in [0.3, 0.4) is 0 Å². The fourth-order valence-electron chi connectivity index (χ4n) is 0.956. The van der Waals surface area contributed by atoms with Gasteiger partial charge in [-0.15, -0.1) is 15.3 Å². The minimum Gasteiger partial charge on any atom is -0.381 e. The molecule has 0 spiro atoms. The third-order valence-corrected chi connectivity index (χ3v) is 1.51. The molecular weight excluding hydrogens is 170 g/mol. The maximum atomic E-state index is 8.59. The van der Waals surface area contributed by atoms with Crippen molar-refractivity contribution in [3.05, 3.63) is 11.5 Å². The fraction of sp³-hybridized carbons (Fsp3) is 0.167. The summed E-state index contributed by atoms with van der Waals surface area (Å²) in [7, 11) is 0. The van der Waals surface area contributed by atoms with Crippen molar-refractivity contribution in [1.82, 2.24) is 24.8 Å². The molecule has 0 saturated heterocycles. The van der Waals surface area contributed by atoms with Crippen LogP contribution in [0.5, 0.6) is 0 Å². The summed E-state index contributed by atoms with van der Waals surface area (Å²) in [6.45, 7) is 1.71. The molecule has 0 atom stereocenters. The summed E-state index contributed by atoms with van der Waals surface area (Å²) in [5.74, 6) is 0.998. The van der Waals surface area contributed by atoms with Gasteiger partial charge in [0, 0.05) is 0 Å². The average molecular weight is 175 g/mol. The van der Waals surface area contributed by atoms with Crippen LogP contribution in [0.4, 0.5) is 5.82 Å². The van der Waals surface area contributed by atoms with Gasteiger partial charge < -0.3 is 5.73 Å². The van der Waals surface area contributed by atoms with Gasteiger partial charge >= 0.3 is 0 Å². The van der Waals surface area contributed by atoms with Crippen LogP contribution in [0.2, 0.25) is 0 Å². The lowest BCUT2D eigenvalue weighted by Crippen LogP contribution is -2.06. The Morgan fingerprint density at radius 1 is 1.46 bits per heavy atom. The Bertz CT molecular complexity index is 505. The number of aryl methyl sites for hydroxylation is 1. The molecule has 0 amide bonds. The van der Waals surface area contributed by atoms with E-state index in [1.807, 2.05) is 6.07 Å². The van der Waals surface area contributed by atoms with Crippen molar-refractivity contribution in [2.45, 2.75) is 6.92 Å². The molecule has 13 heavy (non-hydrogen) atoms. The fourth-order valence-corrected chi connectivity index (χ4v) is 0.956. The minimum atomic E-state index is 0.0531. The van der Waals surface area contributed by atoms with Gasteiger partial charge in [0.15, 0.2) is 5.82 Å². The summed E-state index contributed by atoms with van der Waals surface area (Å²) in [5.41, 5.74) is 5.63. The van der Waals surface area contributed by atoms with Crippen LogP contribution in [0.1, 0.15) is 11.5 Å². The number of anilines is 1. The number of nitrogens with two attached hydrogens (primary N) is 1. The van der Waals surface area contributed by atoms with Crippen LogP contribution in [0.15, 0.2) is 0 Å². The van der Waals surface area contributed by atoms with E-state index in [4.69, 9.17) is 11.0 Å². The highest BCUT2D eigenvalue weighted by Gasteiger charge is 2.09. The Balaban J connectivity index is 2.87. The first-order valence-corrected chi connectivity index (χ1v) is 3.48. The lowest BCUT2D eigenvalue weighted by Gasteiger charge is -1.95. The summed E-state index contributed by atoms with van der Waals surface area (Å²) in [6.07, 6.45) is 0. The molecule has 0 aromatic carbocycles. The Hall–Kier alpha value is -2.23. The predicted molar refractivity (Wildman–Crippen MR) is 42.4 cm³/mol. The van der Waals surface area contributed by atoms with Gasteiger partial charge in [0.05, 0.1) is 0 Å². The zero-order valence-electron chi connectivity index (χ0n) is 6.76. The highest BCUT2D eigenvalue weighted by atomic mass is 15.4. The monoisotopic (exact) mass is 175 g/mol. The topological polar surface area (TPSA) is 106 Å². The number of aromatic nitrogens is 5. The molecule has 2 N–H and O–H groups in total. The molecule has 0 radical (unpaired) electrons. The van der Waals surface area contributed by atoms with E-state index in [9.17, 15) is 0 Å². The molecule has 0 bridgehead atoms. The number of hydrogen-bond acceptors (Lipinski definition) is 6. The van der Waals surface area contributed by atoms with Crippen molar-refractivity contribution < 1.29 is 0 Å². The van der Waals surface area contributed by atoms with E-state index in [1.165, 1.54) is 4.52 Å². The standard InChI is InChI=1S/C6H5N7/c1-3-9-6-11-10-4(2-7)5(8)13(6)12-3/h8H2,1H3. The van der Waals surface area contributed by atoms with E-state index in [0.29, 0.717) is 11.6 Å². The number of nitriles is 1. The normalized spacial score (nSPS) is 10.2. The van der Waals surface area contributed by atoms with Crippen LogP contribution in [-0.2, 0) is 0 Å². The molecule has 2 aromatic heterocycles. The molecular formula is C6H5N7. The van der Waals surface area contributed by atoms with Gasteiger partial charge in [-0.25, -0.2) is 0 Å². The van der Waals surface area contributed by atoms with Gasteiger partial charge in [-0.3, -0.25) is 0 Å². The quantitative estimate of drug-likeness (QED) is 0.566. The first kappa shape index (κ1) is 7.42. The Kier molecular flexibility index (Phi) is 1.36. The molecule has 2 heterocycles. The van der Waals surface area contributed by atoms with Gasteiger partial charge in [-0.05, 0) is 6.92 Å². The first-order chi connectivity index (χ1) is 6.22.